The van der Waals surface area contributed by atoms with E-state index >= 15 is 0 Å². The number of rotatable bonds is 4. The third-order valence-electron chi connectivity index (χ3n) is 3.53. The Labute approximate surface area is 137 Å². The molecule has 2 rings (SSSR count). The summed E-state index contributed by atoms with van der Waals surface area (Å²) in [4.78, 5) is 0. The van der Waals surface area contributed by atoms with Crippen LogP contribution in [0.4, 0.5) is 8.78 Å². The second kappa shape index (κ2) is 6.83. The summed E-state index contributed by atoms with van der Waals surface area (Å²) in [7, 11) is 0. The maximum atomic E-state index is 13.5. The van der Waals surface area contributed by atoms with Crippen LogP contribution < -0.4 is 5.32 Å². The fraction of sp³-hybridized carbons (Fsp3) is 0.294. The van der Waals surface area contributed by atoms with Crippen LogP contribution in [-0.2, 0) is 0 Å². The van der Waals surface area contributed by atoms with Crippen LogP contribution >= 0.6 is 22.6 Å². The molecule has 0 spiro atoms. The Kier molecular flexibility index (Phi) is 5.32. The van der Waals surface area contributed by atoms with Gasteiger partial charge < -0.3 is 5.32 Å². The summed E-state index contributed by atoms with van der Waals surface area (Å²) in [5.41, 5.74) is 3.87. The SMILES string of the molecule is CCNC(c1ccc(F)cc1I)c1c(C)cc(F)cc1C. The Bertz CT molecular complexity index is 632. The number of hydrogen-bond acceptors (Lipinski definition) is 1. The Morgan fingerprint density at radius 1 is 1.05 bits per heavy atom. The predicted octanol–water partition coefficient (Wildman–Crippen LogP) is 4.89. The van der Waals surface area contributed by atoms with Gasteiger partial charge in [0.1, 0.15) is 11.6 Å². The number of hydrogen-bond donors (Lipinski definition) is 1. The lowest BCUT2D eigenvalue weighted by atomic mass is 9.91. The average Bonchev–Trinajstić information content (AvgIpc) is 2.37. The zero-order valence-corrected chi connectivity index (χ0v) is 14.5. The quantitative estimate of drug-likeness (QED) is 0.720. The van der Waals surface area contributed by atoms with Gasteiger partial charge in [0, 0.05) is 3.57 Å². The smallest absolute Gasteiger partial charge is 0.124 e. The molecule has 0 aromatic heterocycles. The second-order valence-electron chi connectivity index (χ2n) is 5.11. The number of benzene rings is 2. The van der Waals surface area contributed by atoms with E-state index in [1.165, 1.54) is 12.1 Å². The molecule has 1 N–H and O–H groups in total. The molecule has 0 bridgehead atoms. The topological polar surface area (TPSA) is 12.0 Å². The first-order valence-electron chi connectivity index (χ1n) is 6.89. The van der Waals surface area contributed by atoms with Gasteiger partial charge in [0.25, 0.3) is 0 Å². The maximum Gasteiger partial charge on any atom is 0.124 e. The van der Waals surface area contributed by atoms with Gasteiger partial charge in [-0.15, -0.1) is 0 Å². The molecular weight excluding hydrogens is 383 g/mol. The van der Waals surface area contributed by atoms with E-state index in [0.29, 0.717) is 0 Å². The molecule has 0 heterocycles. The molecule has 21 heavy (non-hydrogen) atoms. The van der Waals surface area contributed by atoms with Crippen molar-refractivity contribution < 1.29 is 8.78 Å². The molecule has 0 amide bonds. The third kappa shape index (κ3) is 3.61. The fourth-order valence-corrected chi connectivity index (χ4v) is 3.47. The maximum absolute atomic E-state index is 13.5. The average molecular weight is 401 g/mol. The van der Waals surface area contributed by atoms with Crippen LogP contribution in [0.1, 0.15) is 35.2 Å². The molecule has 4 heteroatoms. The predicted molar refractivity (Wildman–Crippen MR) is 90.5 cm³/mol. The van der Waals surface area contributed by atoms with Crippen LogP contribution in [0.2, 0.25) is 0 Å². The van der Waals surface area contributed by atoms with Crippen LogP contribution in [-0.4, -0.2) is 6.54 Å². The van der Waals surface area contributed by atoms with Gasteiger partial charge in [-0.25, -0.2) is 8.78 Å². The summed E-state index contributed by atoms with van der Waals surface area (Å²) < 4.78 is 27.7. The molecule has 0 saturated heterocycles. The largest absolute Gasteiger partial charge is 0.306 e. The highest BCUT2D eigenvalue weighted by Gasteiger charge is 2.20. The van der Waals surface area contributed by atoms with Gasteiger partial charge in [-0.3, -0.25) is 0 Å². The molecule has 2 aromatic rings. The first kappa shape index (κ1) is 16.4. The molecule has 0 saturated carbocycles. The van der Waals surface area contributed by atoms with Crippen molar-refractivity contribution in [3.63, 3.8) is 0 Å². The molecule has 1 unspecified atom stereocenters. The van der Waals surface area contributed by atoms with Crippen molar-refractivity contribution in [2.24, 2.45) is 0 Å². The second-order valence-corrected chi connectivity index (χ2v) is 6.27. The monoisotopic (exact) mass is 401 g/mol. The fourth-order valence-electron chi connectivity index (χ4n) is 2.68. The van der Waals surface area contributed by atoms with Gasteiger partial charge in [0.2, 0.25) is 0 Å². The normalized spacial score (nSPS) is 12.5. The first-order chi connectivity index (χ1) is 9.93. The summed E-state index contributed by atoms with van der Waals surface area (Å²) >= 11 is 2.14. The van der Waals surface area contributed by atoms with Gasteiger partial charge in [0.15, 0.2) is 0 Å². The minimum absolute atomic E-state index is 0.0666. The van der Waals surface area contributed by atoms with E-state index in [0.717, 1.165) is 32.4 Å². The molecule has 0 radical (unpaired) electrons. The van der Waals surface area contributed by atoms with E-state index < -0.39 is 0 Å². The van der Waals surface area contributed by atoms with E-state index in [9.17, 15) is 8.78 Å². The van der Waals surface area contributed by atoms with Gasteiger partial charge >= 0.3 is 0 Å². The first-order valence-corrected chi connectivity index (χ1v) is 7.97. The molecule has 0 aliphatic heterocycles. The van der Waals surface area contributed by atoms with E-state index in [1.807, 2.05) is 20.8 Å². The lowest BCUT2D eigenvalue weighted by molar-refractivity contribution is 0.599. The lowest BCUT2D eigenvalue weighted by Gasteiger charge is -2.24. The van der Waals surface area contributed by atoms with Gasteiger partial charge in [-0.2, -0.15) is 0 Å². The highest BCUT2D eigenvalue weighted by atomic mass is 127. The van der Waals surface area contributed by atoms with Crippen molar-refractivity contribution in [2.45, 2.75) is 26.8 Å². The molecular formula is C17H18F2IN. The Hall–Kier alpha value is -1.01. The highest BCUT2D eigenvalue weighted by Crippen LogP contribution is 2.31. The minimum atomic E-state index is -0.244. The van der Waals surface area contributed by atoms with Crippen molar-refractivity contribution in [1.82, 2.24) is 5.32 Å². The van der Waals surface area contributed by atoms with E-state index in [4.69, 9.17) is 0 Å². The van der Waals surface area contributed by atoms with Crippen molar-refractivity contribution in [1.29, 1.82) is 0 Å². The van der Waals surface area contributed by atoms with Gasteiger partial charge in [-0.05, 0) is 89.5 Å². The van der Waals surface area contributed by atoms with Gasteiger partial charge in [-0.1, -0.05) is 13.0 Å². The van der Waals surface area contributed by atoms with Gasteiger partial charge in [0.05, 0.1) is 6.04 Å². The lowest BCUT2D eigenvalue weighted by Crippen LogP contribution is -2.24. The molecule has 0 fully saturated rings. The van der Waals surface area contributed by atoms with Crippen molar-refractivity contribution >= 4 is 22.6 Å². The number of aryl methyl sites for hydroxylation is 2. The third-order valence-corrected chi connectivity index (χ3v) is 4.46. The molecule has 1 atom stereocenters. The van der Waals surface area contributed by atoms with Crippen LogP contribution in [0.15, 0.2) is 30.3 Å². The van der Waals surface area contributed by atoms with Crippen molar-refractivity contribution in [3.8, 4) is 0 Å². The summed E-state index contributed by atoms with van der Waals surface area (Å²) in [5.74, 6) is -0.469. The van der Waals surface area contributed by atoms with Crippen LogP contribution in [0.25, 0.3) is 0 Å². The van der Waals surface area contributed by atoms with Crippen molar-refractivity contribution in [3.05, 3.63) is 67.8 Å². The molecule has 0 aliphatic rings. The zero-order chi connectivity index (χ0) is 15.6. The van der Waals surface area contributed by atoms with Crippen LogP contribution in [0.5, 0.6) is 0 Å². The summed E-state index contributed by atoms with van der Waals surface area (Å²) in [6.07, 6.45) is 0. The summed E-state index contributed by atoms with van der Waals surface area (Å²) in [6.45, 7) is 6.62. The Morgan fingerprint density at radius 2 is 1.67 bits per heavy atom. The Balaban J connectivity index is 2.59. The summed E-state index contributed by atoms with van der Waals surface area (Å²) in [6, 6.07) is 7.81. The van der Waals surface area contributed by atoms with Crippen LogP contribution in [0.3, 0.4) is 0 Å². The summed E-state index contributed by atoms with van der Waals surface area (Å²) in [5, 5.41) is 3.43. The van der Waals surface area contributed by atoms with Crippen molar-refractivity contribution in [2.75, 3.05) is 6.54 Å². The minimum Gasteiger partial charge on any atom is -0.306 e. The van der Waals surface area contributed by atoms with E-state index in [1.54, 1.807) is 18.2 Å². The van der Waals surface area contributed by atoms with E-state index in [-0.39, 0.29) is 17.7 Å². The zero-order valence-electron chi connectivity index (χ0n) is 12.3. The standard InChI is InChI=1S/C17H18F2IN/c1-4-21-17(14-6-5-12(18)9-15(14)20)16-10(2)7-13(19)8-11(16)3/h5-9,17,21H,4H2,1-3H3. The Morgan fingerprint density at radius 3 is 2.19 bits per heavy atom. The van der Waals surface area contributed by atoms with E-state index in [2.05, 4.69) is 27.9 Å². The molecule has 1 nitrogen and oxygen atoms in total. The number of nitrogens with one attached hydrogen (secondary N) is 1. The van der Waals surface area contributed by atoms with Crippen LogP contribution in [0, 0.1) is 29.1 Å². The molecule has 112 valence electrons. The molecule has 2 aromatic carbocycles. The number of halogens is 3. The highest BCUT2D eigenvalue weighted by molar-refractivity contribution is 14.1. The molecule has 0 aliphatic carbocycles.